The maximum absolute atomic E-state index is 6.01. The number of hydrogen-bond donors (Lipinski definition) is 2. The van der Waals surface area contributed by atoms with E-state index in [1.165, 1.54) is 21.6 Å². The van der Waals surface area contributed by atoms with Crippen LogP contribution in [0.25, 0.3) is 0 Å². The Labute approximate surface area is 176 Å². The molecule has 3 aromatic rings. The molecule has 152 valence electrons. The third-order valence-corrected chi connectivity index (χ3v) is 6.09. The highest BCUT2D eigenvalue weighted by atomic mass is 32.2. The number of nitrogens with zero attached hydrogens (tertiary/aromatic N) is 2. The molecular formula is C23H28N4OS. The van der Waals surface area contributed by atoms with E-state index in [2.05, 4.69) is 76.2 Å². The molecule has 0 aliphatic carbocycles. The van der Waals surface area contributed by atoms with Gasteiger partial charge in [-0.05, 0) is 66.7 Å². The van der Waals surface area contributed by atoms with E-state index in [9.17, 15) is 0 Å². The largest absolute Gasteiger partial charge is 0.494 e. The van der Waals surface area contributed by atoms with Crippen molar-refractivity contribution < 1.29 is 4.74 Å². The lowest BCUT2D eigenvalue weighted by Crippen LogP contribution is -2.31. The van der Waals surface area contributed by atoms with E-state index in [-0.39, 0.29) is 0 Å². The van der Waals surface area contributed by atoms with E-state index < -0.39 is 0 Å². The van der Waals surface area contributed by atoms with E-state index in [1.807, 2.05) is 6.07 Å². The Hall–Kier alpha value is -2.44. The van der Waals surface area contributed by atoms with Gasteiger partial charge in [0.1, 0.15) is 11.6 Å². The molecule has 5 nitrogen and oxygen atoms in total. The first-order valence-electron chi connectivity index (χ1n) is 10.0. The molecule has 29 heavy (non-hydrogen) atoms. The SMILES string of the molecule is CSc1ccc(C2CN(C)Cc3cc(OCCCNc4ccn[nH]4)ccc32)cc1. The van der Waals surface area contributed by atoms with Gasteiger partial charge in [0.2, 0.25) is 0 Å². The summed E-state index contributed by atoms with van der Waals surface area (Å²) in [6.07, 6.45) is 4.79. The zero-order valence-electron chi connectivity index (χ0n) is 17.0. The zero-order chi connectivity index (χ0) is 20.1. The fourth-order valence-corrected chi connectivity index (χ4v) is 4.28. The number of fused-ring (bicyclic) bond motifs is 1. The summed E-state index contributed by atoms with van der Waals surface area (Å²) in [6.45, 7) is 3.55. The van der Waals surface area contributed by atoms with Gasteiger partial charge in [0.15, 0.2) is 0 Å². The van der Waals surface area contributed by atoms with Crippen LogP contribution in [0.5, 0.6) is 5.75 Å². The third kappa shape index (κ3) is 4.95. The molecule has 0 radical (unpaired) electrons. The summed E-state index contributed by atoms with van der Waals surface area (Å²) in [7, 11) is 2.20. The third-order valence-electron chi connectivity index (χ3n) is 5.35. The number of ether oxygens (including phenoxy) is 1. The van der Waals surface area contributed by atoms with Crippen LogP contribution in [0.2, 0.25) is 0 Å². The Bertz CT molecular complexity index is 911. The Morgan fingerprint density at radius 3 is 2.83 bits per heavy atom. The lowest BCUT2D eigenvalue weighted by atomic mass is 9.85. The predicted molar refractivity (Wildman–Crippen MR) is 120 cm³/mol. The standard InChI is InChI=1S/C23H28N4OS/c1-27-15-18-14-19(28-13-3-11-24-23-10-12-25-26-23)6-9-21(18)22(16-27)17-4-7-20(29-2)8-5-17/h4-10,12,14,22H,3,11,13,15-16H2,1-2H3,(H2,24,25,26). The molecule has 1 aliphatic rings. The molecule has 0 spiro atoms. The van der Waals surface area contributed by atoms with Crippen LogP contribution in [0.4, 0.5) is 5.82 Å². The van der Waals surface area contributed by atoms with E-state index in [0.29, 0.717) is 12.5 Å². The first-order chi connectivity index (χ1) is 14.2. The first-order valence-corrected chi connectivity index (χ1v) is 11.3. The molecule has 2 aromatic carbocycles. The smallest absolute Gasteiger partial charge is 0.121 e. The number of nitrogens with one attached hydrogen (secondary N) is 2. The number of H-pyrrole nitrogens is 1. The fourth-order valence-electron chi connectivity index (χ4n) is 3.87. The monoisotopic (exact) mass is 408 g/mol. The summed E-state index contributed by atoms with van der Waals surface area (Å²) < 4.78 is 6.01. The van der Waals surface area contributed by atoms with Gasteiger partial charge in [-0.3, -0.25) is 5.10 Å². The number of aromatic amines is 1. The van der Waals surface area contributed by atoms with Gasteiger partial charge in [-0.2, -0.15) is 5.10 Å². The van der Waals surface area contributed by atoms with Crippen LogP contribution in [0.3, 0.4) is 0 Å². The highest BCUT2D eigenvalue weighted by Gasteiger charge is 2.25. The van der Waals surface area contributed by atoms with Crippen molar-refractivity contribution in [1.29, 1.82) is 0 Å². The van der Waals surface area contributed by atoms with Crippen molar-refractivity contribution in [3.63, 3.8) is 0 Å². The first kappa shape index (κ1) is 19.9. The van der Waals surface area contributed by atoms with Gasteiger partial charge >= 0.3 is 0 Å². The van der Waals surface area contributed by atoms with Crippen molar-refractivity contribution in [1.82, 2.24) is 15.1 Å². The molecule has 1 atom stereocenters. The highest BCUT2D eigenvalue weighted by molar-refractivity contribution is 7.98. The molecule has 1 aliphatic heterocycles. The summed E-state index contributed by atoms with van der Waals surface area (Å²) >= 11 is 1.79. The molecule has 0 fully saturated rings. The molecule has 2 heterocycles. The molecule has 0 bridgehead atoms. The maximum Gasteiger partial charge on any atom is 0.121 e. The van der Waals surface area contributed by atoms with E-state index in [0.717, 1.165) is 37.6 Å². The van der Waals surface area contributed by atoms with E-state index in [4.69, 9.17) is 4.74 Å². The Kier molecular flexibility index (Phi) is 6.42. The second kappa shape index (κ2) is 9.37. The van der Waals surface area contributed by atoms with Crippen molar-refractivity contribution in [3.05, 3.63) is 71.4 Å². The maximum atomic E-state index is 6.01. The highest BCUT2D eigenvalue weighted by Crippen LogP contribution is 2.35. The summed E-state index contributed by atoms with van der Waals surface area (Å²) in [6, 6.07) is 17.5. The molecule has 1 unspecified atom stereocenters. The minimum absolute atomic E-state index is 0.410. The lowest BCUT2D eigenvalue weighted by molar-refractivity contribution is 0.290. The molecule has 0 saturated carbocycles. The number of thioether (sulfide) groups is 1. The zero-order valence-corrected chi connectivity index (χ0v) is 17.8. The second-order valence-corrected chi connectivity index (χ2v) is 8.36. The van der Waals surface area contributed by atoms with Crippen LogP contribution in [-0.4, -0.2) is 48.1 Å². The number of benzene rings is 2. The minimum Gasteiger partial charge on any atom is -0.494 e. The van der Waals surface area contributed by atoms with E-state index in [1.54, 1.807) is 18.0 Å². The van der Waals surface area contributed by atoms with Gasteiger partial charge in [0, 0.05) is 30.4 Å². The second-order valence-electron chi connectivity index (χ2n) is 7.48. The molecule has 4 rings (SSSR count). The van der Waals surface area contributed by atoms with Gasteiger partial charge in [-0.15, -0.1) is 11.8 Å². The number of aromatic nitrogens is 2. The molecular weight excluding hydrogens is 380 g/mol. The van der Waals surface area contributed by atoms with Crippen molar-refractivity contribution >= 4 is 17.6 Å². The van der Waals surface area contributed by atoms with Gasteiger partial charge in [0.25, 0.3) is 0 Å². The molecule has 0 saturated heterocycles. The fraction of sp³-hybridized carbons (Fsp3) is 0.348. The number of likely N-dealkylation sites (N-methyl/N-ethyl adjacent to an activating group) is 1. The number of rotatable bonds is 8. The van der Waals surface area contributed by atoms with Gasteiger partial charge in [-0.1, -0.05) is 18.2 Å². The van der Waals surface area contributed by atoms with Crippen LogP contribution in [0, 0.1) is 0 Å². The quantitative estimate of drug-likeness (QED) is 0.422. The summed E-state index contributed by atoms with van der Waals surface area (Å²) in [5.74, 6) is 2.31. The molecule has 6 heteroatoms. The van der Waals surface area contributed by atoms with E-state index >= 15 is 0 Å². The lowest BCUT2D eigenvalue weighted by Gasteiger charge is -2.33. The van der Waals surface area contributed by atoms with Crippen molar-refractivity contribution in [3.8, 4) is 5.75 Å². The topological polar surface area (TPSA) is 53.2 Å². The molecule has 2 N–H and O–H groups in total. The Morgan fingerprint density at radius 2 is 2.07 bits per heavy atom. The van der Waals surface area contributed by atoms with Crippen LogP contribution < -0.4 is 10.1 Å². The van der Waals surface area contributed by atoms with Gasteiger partial charge < -0.3 is 15.0 Å². The van der Waals surface area contributed by atoms with Crippen LogP contribution in [0.1, 0.15) is 29.0 Å². The molecule has 1 aromatic heterocycles. The van der Waals surface area contributed by atoms with Gasteiger partial charge in [0.05, 0.1) is 12.8 Å². The Morgan fingerprint density at radius 1 is 1.21 bits per heavy atom. The van der Waals surface area contributed by atoms with Crippen LogP contribution in [-0.2, 0) is 6.54 Å². The van der Waals surface area contributed by atoms with Crippen molar-refractivity contribution in [2.45, 2.75) is 23.8 Å². The van der Waals surface area contributed by atoms with Crippen LogP contribution in [0.15, 0.2) is 59.6 Å². The predicted octanol–water partition coefficient (Wildman–Crippen LogP) is 4.59. The summed E-state index contributed by atoms with van der Waals surface area (Å²) in [5, 5.41) is 10.1. The summed E-state index contributed by atoms with van der Waals surface area (Å²) in [5.41, 5.74) is 4.17. The minimum atomic E-state index is 0.410. The summed E-state index contributed by atoms with van der Waals surface area (Å²) in [4.78, 5) is 3.71. The Balaban J connectivity index is 1.39. The number of anilines is 1. The normalized spacial score (nSPS) is 16.4. The van der Waals surface area contributed by atoms with Crippen molar-refractivity contribution in [2.75, 3.05) is 38.3 Å². The van der Waals surface area contributed by atoms with Crippen LogP contribution >= 0.6 is 11.8 Å². The average Bonchev–Trinajstić information content (AvgIpc) is 3.26. The molecule has 0 amide bonds. The average molecular weight is 409 g/mol. The number of hydrogen-bond acceptors (Lipinski definition) is 5. The van der Waals surface area contributed by atoms with Gasteiger partial charge in [-0.25, -0.2) is 0 Å². The van der Waals surface area contributed by atoms with Crippen molar-refractivity contribution in [2.24, 2.45) is 0 Å².